The minimum absolute atomic E-state index is 0.0102. The van der Waals surface area contributed by atoms with Crippen LogP contribution < -0.4 is 5.48 Å². The Morgan fingerprint density at radius 1 is 1.37 bits per heavy atom. The number of benzene rings is 1. The topological polar surface area (TPSA) is 58.6 Å². The molecule has 4 heteroatoms. The predicted octanol–water partition coefficient (Wildman–Crippen LogP) is 2.27. The number of hydrogen-bond acceptors (Lipinski definition) is 3. The molecule has 2 N–H and O–H groups in total. The molecule has 0 heterocycles. The second-order valence-electron chi connectivity index (χ2n) is 5.37. The molecule has 1 atom stereocenters. The Hall–Kier alpha value is -1.39. The summed E-state index contributed by atoms with van der Waals surface area (Å²) in [4.78, 5) is 17.1. The van der Waals surface area contributed by atoms with Crippen molar-refractivity contribution in [3.63, 3.8) is 0 Å². The van der Waals surface area contributed by atoms with E-state index in [1.807, 2.05) is 30.3 Å². The third kappa shape index (κ3) is 4.04. The zero-order chi connectivity index (χ0) is 13.7. The first kappa shape index (κ1) is 14.0. The van der Waals surface area contributed by atoms with Gasteiger partial charge in [0.05, 0.1) is 18.1 Å². The minimum atomic E-state index is -1.18. The van der Waals surface area contributed by atoms with Crippen LogP contribution in [0.4, 0.5) is 0 Å². The van der Waals surface area contributed by atoms with Crippen molar-refractivity contribution in [2.75, 3.05) is 0 Å². The van der Waals surface area contributed by atoms with Crippen molar-refractivity contribution in [2.45, 2.75) is 50.7 Å². The summed E-state index contributed by atoms with van der Waals surface area (Å²) in [7, 11) is 0. The van der Waals surface area contributed by atoms with E-state index in [1.165, 1.54) is 0 Å². The summed E-state index contributed by atoms with van der Waals surface area (Å²) in [6.45, 7) is 1.64. The fourth-order valence-electron chi connectivity index (χ4n) is 2.40. The fraction of sp³-hybridized carbons (Fsp3) is 0.533. The Morgan fingerprint density at radius 2 is 2.00 bits per heavy atom. The molecular formula is C15H21NO3. The number of hydrogen-bond donors (Lipinski definition) is 2. The van der Waals surface area contributed by atoms with Gasteiger partial charge in [-0.05, 0) is 25.3 Å². The highest BCUT2D eigenvalue weighted by atomic mass is 16.7. The molecule has 19 heavy (non-hydrogen) atoms. The van der Waals surface area contributed by atoms with Crippen LogP contribution in [-0.4, -0.2) is 17.1 Å². The van der Waals surface area contributed by atoms with Crippen molar-refractivity contribution in [3.05, 3.63) is 35.9 Å². The van der Waals surface area contributed by atoms with Crippen molar-refractivity contribution in [1.82, 2.24) is 5.48 Å². The van der Waals surface area contributed by atoms with Crippen LogP contribution in [0.1, 0.15) is 44.6 Å². The van der Waals surface area contributed by atoms with Gasteiger partial charge >= 0.3 is 0 Å². The van der Waals surface area contributed by atoms with Crippen LogP contribution in [0, 0.1) is 0 Å². The standard InChI is InChI=1S/C15H21NO3/c1-15(18,12-7-3-2-4-8-12)11-14(17)16-19-13-9-5-6-10-13/h2-4,7-8,13,18H,5-6,9-11H2,1H3,(H,16,17). The maximum Gasteiger partial charge on any atom is 0.246 e. The minimum Gasteiger partial charge on any atom is -0.385 e. The van der Waals surface area contributed by atoms with Crippen LogP contribution in [0.5, 0.6) is 0 Å². The van der Waals surface area contributed by atoms with Gasteiger partial charge in [0.2, 0.25) is 5.91 Å². The van der Waals surface area contributed by atoms with E-state index in [1.54, 1.807) is 6.92 Å². The van der Waals surface area contributed by atoms with Gasteiger partial charge in [-0.25, -0.2) is 5.48 Å². The van der Waals surface area contributed by atoms with Crippen LogP contribution in [0.2, 0.25) is 0 Å². The van der Waals surface area contributed by atoms with E-state index in [9.17, 15) is 9.90 Å². The number of carbonyl (C=O) groups excluding carboxylic acids is 1. The molecular weight excluding hydrogens is 242 g/mol. The van der Waals surface area contributed by atoms with Gasteiger partial charge in [0, 0.05) is 0 Å². The van der Waals surface area contributed by atoms with E-state index in [-0.39, 0.29) is 18.4 Å². The monoisotopic (exact) mass is 263 g/mol. The summed E-state index contributed by atoms with van der Waals surface area (Å²) >= 11 is 0. The van der Waals surface area contributed by atoms with Crippen LogP contribution >= 0.6 is 0 Å². The first-order valence-electron chi connectivity index (χ1n) is 6.80. The largest absolute Gasteiger partial charge is 0.385 e. The zero-order valence-corrected chi connectivity index (χ0v) is 11.3. The number of nitrogens with one attached hydrogen (secondary N) is 1. The molecule has 0 aliphatic heterocycles. The van der Waals surface area contributed by atoms with Gasteiger partial charge in [0.25, 0.3) is 0 Å². The van der Waals surface area contributed by atoms with Crippen molar-refractivity contribution < 1.29 is 14.7 Å². The summed E-state index contributed by atoms with van der Waals surface area (Å²) in [6.07, 6.45) is 4.42. The number of amides is 1. The van der Waals surface area contributed by atoms with Crippen molar-refractivity contribution in [2.24, 2.45) is 0 Å². The van der Waals surface area contributed by atoms with Crippen molar-refractivity contribution in [1.29, 1.82) is 0 Å². The Bertz CT molecular complexity index is 411. The van der Waals surface area contributed by atoms with Gasteiger partial charge in [-0.3, -0.25) is 9.63 Å². The molecule has 2 rings (SSSR count). The SMILES string of the molecule is CC(O)(CC(=O)NOC1CCCC1)c1ccccc1. The molecule has 1 amide bonds. The van der Waals surface area contributed by atoms with Crippen LogP contribution in [0.15, 0.2) is 30.3 Å². The molecule has 0 saturated heterocycles. The first-order chi connectivity index (χ1) is 9.08. The van der Waals surface area contributed by atoms with Gasteiger partial charge in [-0.1, -0.05) is 43.2 Å². The molecule has 0 spiro atoms. The maximum absolute atomic E-state index is 11.8. The normalized spacial score (nSPS) is 19.1. The lowest BCUT2D eigenvalue weighted by atomic mass is 9.92. The average molecular weight is 263 g/mol. The summed E-state index contributed by atoms with van der Waals surface area (Å²) in [5, 5.41) is 10.3. The van der Waals surface area contributed by atoms with Gasteiger partial charge in [-0.2, -0.15) is 0 Å². The van der Waals surface area contributed by atoms with Crippen molar-refractivity contribution >= 4 is 5.91 Å². The molecule has 0 radical (unpaired) electrons. The molecule has 1 aromatic carbocycles. The number of hydroxylamine groups is 1. The van der Waals surface area contributed by atoms with Crippen LogP contribution in [0.25, 0.3) is 0 Å². The van der Waals surface area contributed by atoms with E-state index in [0.29, 0.717) is 0 Å². The van der Waals surface area contributed by atoms with E-state index < -0.39 is 5.60 Å². The lowest BCUT2D eigenvalue weighted by Crippen LogP contribution is -2.34. The third-order valence-electron chi connectivity index (χ3n) is 3.54. The summed E-state index contributed by atoms with van der Waals surface area (Å²) in [5.74, 6) is -0.291. The zero-order valence-electron chi connectivity index (χ0n) is 11.3. The molecule has 1 aromatic rings. The van der Waals surface area contributed by atoms with Crippen molar-refractivity contribution in [3.8, 4) is 0 Å². The van der Waals surface area contributed by atoms with Gasteiger partial charge in [-0.15, -0.1) is 0 Å². The number of aliphatic hydroxyl groups is 1. The molecule has 1 unspecified atom stereocenters. The van der Waals surface area contributed by atoms with E-state index in [4.69, 9.17) is 4.84 Å². The Morgan fingerprint density at radius 3 is 2.63 bits per heavy atom. The van der Waals surface area contributed by atoms with Gasteiger partial charge < -0.3 is 5.11 Å². The lowest BCUT2D eigenvalue weighted by Gasteiger charge is -2.23. The molecule has 1 saturated carbocycles. The quantitative estimate of drug-likeness (QED) is 0.801. The molecule has 1 fully saturated rings. The fourth-order valence-corrected chi connectivity index (χ4v) is 2.40. The third-order valence-corrected chi connectivity index (χ3v) is 3.54. The second kappa shape index (κ2) is 6.17. The first-order valence-corrected chi connectivity index (χ1v) is 6.80. The molecule has 104 valence electrons. The smallest absolute Gasteiger partial charge is 0.246 e. The maximum atomic E-state index is 11.8. The Balaban J connectivity index is 1.83. The molecule has 1 aliphatic rings. The van der Waals surface area contributed by atoms with Gasteiger partial charge in [0.1, 0.15) is 0 Å². The number of rotatable bonds is 5. The lowest BCUT2D eigenvalue weighted by molar-refractivity contribution is -0.143. The molecule has 0 aromatic heterocycles. The van der Waals surface area contributed by atoms with E-state index in [0.717, 1.165) is 31.2 Å². The summed E-state index contributed by atoms with van der Waals surface area (Å²) in [6, 6.07) is 9.19. The summed E-state index contributed by atoms with van der Waals surface area (Å²) < 4.78 is 0. The second-order valence-corrected chi connectivity index (χ2v) is 5.37. The van der Waals surface area contributed by atoms with Crippen LogP contribution in [-0.2, 0) is 15.2 Å². The average Bonchev–Trinajstić information content (AvgIpc) is 2.90. The highest BCUT2D eigenvalue weighted by Gasteiger charge is 2.27. The summed E-state index contributed by atoms with van der Waals surface area (Å²) in [5.41, 5.74) is 2.00. The van der Waals surface area contributed by atoms with Gasteiger partial charge in [0.15, 0.2) is 0 Å². The molecule has 0 bridgehead atoms. The highest BCUT2D eigenvalue weighted by Crippen LogP contribution is 2.24. The van der Waals surface area contributed by atoms with E-state index in [2.05, 4.69) is 5.48 Å². The molecule has 1 aliphatic carbocycles. The Kier molecular flexibility index (Phi) is 4.56. The highest BCUT2D eigenvalue weighted by molar-refractivity contribution is 5.76. The predicted molar refractivity (Wildman–Crippen MR) is 72.1 cm³/mol. The van der Waals surface area contributed by atoms with E-state index >= 15 is 0 Å². The number of carbonyl (C=O) groups is 1. The van der Waals surface area contributed by atoms with Crippen LogP contribution in [0.3, 0.4) is 0 Å². The Labute approximate surface area is 113 Å². The molecule has 4 nitrogen and oxygen atoms in total.